The highest BCUT2D eigenvalue weighted by Crippen LogP contribution is 2.44. The zero-order valence-electron chi connectivity index (χ0n) is 16.6. The van der Waals surface area contributed by atoms with E-state index in [1.807, 2.05) is 0 Å². The number of ether oxygens (including phenoxy) is 1. The first-order chi connectivity index (χ1) is 12.0. The minimum Gasteiger partial charge on any atom is -0.462 e. The topological polar surface area (TPSA) is 49.8 Å². The van der Waals surface area contributed by atoms with Crippen molar-refractivity contribution in [3.05, 3.63) is 0 Å². The summed E-state index contributed by atoms with van der Waals surface area (Å²) in [6.07, 6.45) is 9.66. The number of hydrogen-bond donors (Lipinski definition) is 1. The lowest BCUT2D eigenvalue weighted by atomic mass is 9.65. The Hall–Kier alpha value is -0.610. The highest BCUT2D eigenvalue weighted by Gasteiger charge is 2.51. The van der Waals surface area contributed by atoms with Gasteiger partial charge in [0.1, 0.15) is 6.61 Å². The second kappa shape index (κ2) is 9.91. The van der Waals surface area contributed by atoms with Crippen molar-refractivity contribution in [3.8, 4) is 0 Å². The van der Waals surface area contributed by atoms with Crippen molar-refractivity contribution >= 4 is 5.97 Å². The van der Waals surface area contributed by atoms with Crippen molar-refractivity contribution < 1.29 is 14.6 Å². The number of hydrogen-bond acceptors (Lipinski definition) is 4. The zero-order valence-corrected chi connectivity index (χ0v) is 16.6. The number of aliphatic hydroxyl groups is 1. The van der Waals surface area contributed by atoms with Crippen LogP contribution >= 0.6 is 0 Å². The van der Waals surface area contributed by atoms with E-state index in [-0.39, 0.29) is 17.8 Å². The van der Waals surface area contributed by atoms with Gasteiger partial charge in [-0.05, 0) is 56.5 Å². The average Bonchev–Trinajstić information content (AvgIpc) is 2.65. The largest absolute Gasteiger partial charge is 0.462 e. The van der Waals surface area contributed by atoms with Crippen LogP contribution < -0.4 is 0 Å². The monoisotopic (exact) mass is 353 g/mol. The molecule has 1 N–H and O–H groups in total. The lowest BCUT2D eigenvalue weighted by molar-refractivity contribution is -0.186. The molecule has 3 atom stereocenters. The van der Waals surface area contributed by atoms with Gasteiger partial charge in [0.2, 0.25) is 0 Å². The molecule has 0 radical (unpaired) electrons. The maximum Gasteiger partial charge on any atom is 0.338 e. The highest BCUT2D eigenvalue weighted by atomic mass is 16.5. The molecular formula is C21H39NO3. The Morgan fingerprint density at radius 2 is 1.68 bits per heavy atom. The van der Waals surface area contributed by atoms with Crippen LogP contribution in [0.2, 0.25) is 0 Å². The molecule has 146 valence electrons. The van der Waals surface area contributed by atoms with Crippen molar-refractivity contribution in [1.29, 1.82) is 0 Å². The van der Waals surface area contributed by atoms with Crippen LogP contribution in [0.3, 0.4) is 0 Å². The molecule has 0 aromatic carbocycles. The van der Waals surface area contributed by atoms with Gasteiger partial charge in [-0.15, -0.1) is 0 Å². The maximum absolute atomic E-state index is 13.0. The van der Waals surface area contributed by atoms with Gasteiger partial charge < -0.3 is 14.7 Å². The Labute approximate surface area is 154 Å². The molecule has 2 fully saturated rings. The van der Waals surface area contributed by atoms with E-state index >= 15 is 0 Å². The summed E-state index contributed by atoms with van der Waals surface area (Å²) < 4.78 is 5.65. The molecule has 0 aromatic rings. The van der Waals surface area contributed by atoms with Gasteiger partial charge in [-0.3, -0.25) is 0 Å². The first-order valence-corrected chi connectivity index (χ1v) is 10.6. The van der Waals surface area contributed by atoms with E-state index in [0.717, 1.165) is 64.6 Å². The Morgan fingerprint density at radius 3 is 2.28 bits per heavy atom. The molecule has 3 unspecified atom stereocenters. The van der Waals surface area contributed by atoms with Crippen LogP contribution in [0, 0.1) is 17.8 Å². The van der Waals surface area contributed by atoms with Crippen molar-refractivity contribution in [2.24, 2.45) is 17.8 Å². The van der Waals surface area contributed by atoms with E-state index < -0.39 is 5.60 Å². The number of carbonyl (C=O) groups is 1. The third-order valence-corrected chi connectivity index (χ3v) is 6.65. The van der Waals surface area contributed by atoms with Gasteiger partial charge in [0.25, 0.3) is 0 Å². The molecule has 0 bridgehead atoms. The Morgan fingerprint density at radius 1 is 1.04 bits per heavy atom. The Kier molecular flexibility index (Phi) is 8.21. The molecule has 2 aliphatic rings. The number of likely N-dealkylation sites (N-methyl/N-ethyl adjacent to an activating group) is 1. The molecule has 0 saturated heterocycles. The van der Waals surface area contributed by atoms with Crippen LogP contribution in [0.4, 0.5) is 0 Å². The molecule has 0 aliphatic heterocycles. The standard InChI is InChI=1S/C21H39NO3/c1-4-22(5-2)14-15-25-20(23)21(24,18-11-7-6-8-12-18)19-13-9-10-17(3)16-19/h17-19,24H,4-16H2,1-3H3. The summed E-state index contributed by atoms with van der Waals surface area (Å²) in [6.45, 7) is 9.54. The van der Waals surface area contributed by atoms with Crippen LogP contribution in [0.15, 0.2) is 0 Å². The molecule has 4 nitrogen and oxygen atoms in total. The summed E-state index contributed by atoms with van der Waals surface area (Å²) in [5, 5.41) is 11.6. The second-order valence-electron chi connectivity index (χ2n) is 8.29. The number of nitrogens with zero attached hydrogens (tertiary/aromatic N) is 1. The predicted octanol–water partition coefficient (Wildman–Crippen LogP) is 4.01. The van der Waals surface area contributed by atoms with E-state index in [1.165, 1.54) is 12.8 Å². The zero-order chi connectivity index (χ0) is 18.3. The normalized spacial score (nSPS) is 27.9. The fraction of sp³-hybridized carbons (Fsp3) is 0.952. The van der Waals surface area contributed by atoms with Crippen LogP contribution in [-0.2, 0) is 9.53 Å². The van der Waals surface area contributed by atoms with Crippen molar-refractivity contribution in [1.82, 2.24) is 4.90 Å². The van der Waals surface area contributed by atoms with Gasteiger partial charge in [0.15, 0.2) is 5.60 Å². The molecule has 2 rings (SSSR count). The van der Waals surface area contributed by atoms with E-state index in [9.17, 15) is 9.90 Å². The number of carbonyl (C=O) groups excluding carboxylic acids is 1. The molecule has 4 heteroatoms. The third-order valence-electron chi connectivity index (χ3n) is 6.65. The molecular weight excluding hydrogens is 314 g/mol. The first kappa shape index (κ1) is 20.7. The van der Waals surface area contributed by atoms with Gasteiger partial charge in [-0.1, -0.05) is 52.9 Å². The lowest BCUT2D eigenvalue weighted by Crippen LogP contribution is -2.54. The van der Waals surface area contributed by atoms with Crippen molar-refractivity contribution in [2.45, 2.75) is 84.2 Å². The second-order valence-corrected chi connectivity index (χ2v) is 8.29. The smallest absolute Gasteiger partial charge is 0.338 e. The molecule has 25 heavy (non-hydrogen) atoms. The molecule has 2 aliphatic carbocycles. The summed E-state index contributed by atoms with van der Waals surface area (Å²) in [4.78, 5) is 15.3. The highest BCUT2D eigenvalue weighted by molar-refractivity contribution is 5.80. The van der Waals surface area contributed by atoms with Gasteiger partial charge in [-0.25, -0.2) is 4.79 Å². The Balaban J connectivity index is 2.05. The van der Waals surface area contributed by atoms with Crippen LogP contribution in [0.5, 0.6) is 0 Å². The van der Waals surface area contributed by atoms with E-state index in [4.69, 9.17) is 4.74 Å². The minimum atomic E-state index is -1.27. The lowest BCUT2D eigenvalue weighted by Gasteiger charge is -2.44. The van der Waals surface area contributed by atoms with Gasteiger partial charge in [0.05, 0.1) is 0 Å². The van der Waals surface area contributed by atoms with Gasteiger partial charge >= 0.3 is 5.97 Å². The maximum atomic E-state index is 13.0. The summed E-state index contributed by atoms with van der Waals surface area (Å²) in [5.74, 6) is 0.404. The molecule has 0 spiro atoms. The average molecular weight is 354 g/mol. The van der Waals surface area contributed by atoms with Crippen molar-refractivity contribution in [3.63, 3.8) is 0 Å². The fourth-order valence-corrected chi connectivity index (χ4v) is 4.97. The van der Waals surface area contributed by atoms with E-state index in [1.54, 1.807) is 0 Å². The fourth-order valence-electron chi connectivity index (χ4n) is 4.97. The van der Waals surface area contributed by atoms with Crippen LogP contribution in [0.25, 0.3) is 0 Å². The quantitative estimate of drug-likeness (QED) is 0.670. The number of rotatable bonds is 8. The minimum absolute atomic E-state index is 0.0697. The van der Waals surface area contributed by atoms with Crippen LogP contribution in [0.1, 0.15) is 78.6 Å². The SMILES string of the molecule is CCN(CC)CCOC(=O)C(O)(C1CCCCC1)C1CCCC(C)C1. The Bertz CT molecular complexity index is 404. The summed E-state index contributed by atoms with van der Waals surface area (Å²) >= 11 is 0. The number of esters is 1. The van der Waals surface area contributed by atoms with Gasteiger partial charge in [0, 0.05) is 6.54 Å². The van der Waals surface area contributed by atoms with Crippen molar-refractivity contribution in [2.75, 3.05) is 26.2 Å². The molecule has 2 saturated carbocycles. The first-order valence-electron chi connectivity index (χ1n) is 10.6. The van der Waals surface area contributed by atoms with Gasteiger partial charge in [-0.2, -0.15) is 0 Å². The van der Waals surface area contributed by atoms with E-state index in [2.05, 4.69) is 25.7 Å². The summed E-state index contributed by atoms with van der Waals surface area (Å²) in [6, 6.07) is 0. The third kappa shape index (κ3) is 5.19. The van der Waals surface area contributed by atoms with Crippen LogP contribution in [-0.4, -0.2) is 47.8 Å². The molecule has 0 amide bonds. The molecule has 0 aromatic heterocycles. The summed E-state index contributed by atoms with van der Waals surface area (Å²) in [7, 11) is 0. The summed E-state index contributed by atoms with van der Waals surface area (Å²) in [5.41, 5.74) is -1.27. The predicted molar refractivity (Wildman–Crippen MR) is 101 cm³/mol. The van der Waals surface area contributed by atoms with E-state index in [0.29, 0.717) is 12.5 Å². The molecule has 0 heterocycles.